The van der Waals surface area contributed by atoms with Gasteiger partial charge >= 0.3 is 0 Å². The second-order valence-corrected chi connectivity index (χ2v) is 6.39. The molecule has 0 aliphatic heterocycles. The summed E-state index contributed by atoms with van der Waals surface area (Å²) in [7, 11) is 0. The first kappa shape index (κ1) is 18.9. The maximum Gasteiger partial charge on any atom is 0.246 e. The normalized spacial score (nSPS) is 12.1. The number of likely N-dealkylation sites (N-methyl/N-ethyl adjacent to an activating group) is 1. The number of carbonyl (C=O) groups is 1. The van der Waals surface area contributed by atoms with Gasteiger partial charge in [0.2, 0.25) is 11.8 Å². The van der Waals surface area contributed by atoms with Crippen molar-refractivity contribution in [3.63, 3.8) is 0 Å². The smallest absolute Gasteiger partial charge is 0.246 e. The van der Waals surface area contributed by atoms with Crippen molar-refractivity contribution in [1.29, 1.82) is 0 Å². The van der Waals surface area contributed by atoms with Crippen molar-refractivity contribution in [3.05, 3.63) is 72.1 Å². The molecule has 5 nitrogen and oxygen atoms in total. The molecule has 0 radical (unpaired) electrons. The van der Waals surface area contributed by atoms with Crippen LogP contribution in [0.2, 0.25) is 0 Å². The molecule has 1 unspecified atom stereocenters. The van der Waals surface area contributed by atoms with Crippen molar-refractivity contribution in [2.45, 2.75) is 26.8 Å². The van der Waals surface area contributed by atoms with Gasteiger partial charge in [-0.15, -0.1) is 0 Å². The van der Waals surface area contributed by atoms with E-state index < -0.39 is 0 Å². The average Bonchev–Trinajstić information content (AvgIpc) is 3.23. The molecule has 3 aromatic rings. The van der Waals surface area contributed by atoms with Gasteiger partial charge in [0.15, 0.2) is 0 Å². The molecule has 1 atom stereocenters. The number of benzene rings is 2. The number of anilines is 1. The van der Waals surface area contributed by atoms with Crippen LogP contribution in [0.25, 0.3) is 11.5 Å². The molecule has 1 heterocycles. The van der Waals surface area contributed by atoms with E-state index >= 15 is 0 Å². The minimum absolute atomic E-state index is 0.0439. The van der Waals surface area contributed by atoms with Crippen molar-refractivity contribution >= 4 is 11.6 Å². The van der Waals surface area contributed by atoms with Gasteiger partial charge < -0.3 is 9.73 Å². The number of nitrogens with zero attached hydrogens (tertiary/aromatic N) is 2. The van der Waals surface area contributed by atoms with Crippen LogP contribution in [-0.2, 0) is 4.79 Å². The van der Waals surface area contributed by atoms with E-state index in [4.69, 9.17) is 4.42 Å². The highest BCUT2D eigenvalue weighted by Gasteiger charge is 2.26. The summed E-state index contributed by atoms with van der Waals surface area (Å²) in [5.41, 5.74) is 3.58. The summed E-state index contributed by atoms with van der Waals surface area (Å²) in [5.74, 6) is 0.492. The number of nitrogens with one attached hydrogen (secondary N) is 1. The van der Waals surface area contributed by atoms with Gasteiger partial charge in [-0.1, -0.05) is 50.2 Å². The fourth-order valence-electron chi connectivity index (χ4n) is 3.21. The van der Waals surface area contributed by atoms with Crippen molar-refractivity contribution in [3.8, 4) is 11.5 Å². The number of oxazole rings is 1. The third-order valence-corrected chi connectivity index (χ3v) is 4.72. The molecule has 0 aliphatic rings. The van der Waals surface area contributed by atoms with Crippen LogP contribution in [0.1, 0.15) is 31.0 Å². The Morgan fingerprint density at radius 2 is 1.89 bits per heavy atom. The monoisotopic (exact) mass is 363 g/mol. The Morgan fingerprint density at radius 3 is 2.52 bits per heavy atom. The number of aromatic nitrogens is 1. The molecule has 2 aromatic carbocycles. The number of aryl methyl sites for hydroxylation is 1. The first-order valence-electron chi connectivity index (χ1n) is 9.24. The summed E-state index contributed by atoms with van der Waals surface area (Å²) in [6, 6.07) is 15.4. The third kappa shape index (κ3) is 4.26. The lowest BCUT2D eigenvalue weighted by atomic mass is 10.0. The first-order chi connectivity index (χ1) is 13.1. The van der Waals surface area contributed by atoms with Crippen LogP contribution in [0.15, 0.2) is 65.4 Å². The lowest BCUT2D eigenvalue weighted by Gasteiger charge is -2.29. The van der Waals surface area contributed by atoms with Gasteiger partial charge in [-0.05, 0) is 43.3 Å². The Morgan fingerprint density at radius 1 is 1.15 bits per heavy atom. The molecule has 0 aliphatic carbocycles. The Bertz CT molecular complexity index is 872. The van der Waals surface area contributed by atoms with Crippen LogP contribution in [-0.4, -0.2) is 28.9 Å². The van der Waals surface area contributed by atoms with E-state index in [0.29, 0.717) is 5.89 Å². The van der Waals surface area contributed by atoms with E-state index in [1.54, 1.807) is 12.5 Å². The van der Waals surface area contributed by atoms with E-state index in [0.717, 1.165) is 35.5 Å². The Kier molecular flexibility index (Phi) is 6.04. The van der Waals surface area contributed by atoms with Gasteiger partial charge in [0.05, 0.1) is 6.20 Å². The van der Waals surface area contributed by atoms with Crippen LogP contribution < -0.4 is 5.32 Å². The number of carbonyl (C=O) groups excluding carboxylic acids is 1. The highest BCUT2D eigenvalue weighted by atomic mass is 16.3. The molecule has 1 N–H and O–H groups in total. The van der Waals surface area contributed by atoms with Crippen LogP contribution in [0.5, 0.6) is 0 Å². The highest BCUT2D eigenvalue weighted by Crippen LogP contribution is 2.27. The predicted molar refractivity (Wildman–Crippen MR) is 107 cm³/mol. The SMILES string of the molecule is CCN(CC)C(C(=O)Nc1cc(-c2ncco2)ccc1C)c1ccccc1. The van der Waals surface area contributed by atoms with E-state index in [9.17, 15) is 4.79 Å². The summed E-state index contributed by atoms with van der Waals surface area (Å²) in [5, 5.41) is 3.11. The minimum Gasteiger partial charge on any atom is -0.445 e. The zero-order valence-corrected chi connectivity index (χ0v) is 16.0. The zero-order chi connectivity index (χ0) is 19.2. The standard InChI is InChI=1S/C22H25N3O2/c1-4-25(5-2)20(17-9-7-6-8-10-17)21(26)24-19-15-18(12-11-16(19)3)22-23-13-14-27-22/h6-15,20H,4-5H2,1-3H3,(H,24,26). The predicted octanol–water partition coefficient (Wildman–Crippen LogP) is 4.67. The molecule has 27 heavy (non-hydrogen) atoms. The maximum absolute atomic E-state index is 13.2. The number of hydrogen-bond donors (Lipinski definition) is 1. The van der Waals surface area contributed by atoms with Crippen molar-refractivity contribution < 1.29 is 9.21 Å². The van der Waals surface area contributed by atoms with Crippen molar-refractivity contribution in [2.24, 2.45) is 0 Å². The molecule has 140 valence electrons. The molecule has 0 bridgehead atoms. The summed E-state index contributed by atoms with van der Waals surface area (Å²) in [6.07, 6.45) is 3.15. The summed E-state index contributed by atoms with van der Waals surface area (Å²) >= 11 is 0. The molecule has 3 rings (SSSR count). The molecule has 0 saturated heterocycles. The average molecular weight is 363 g/mol. The maximum atomic E-state index is 13.2. The van der Waals surface area contributed by atoms with Gasteiger partial charge in [0.25, 0.3) is 0 Å². The fraction of sp³-hybridized carbons (Fsp3) is 0.273. The molecule has 1 aromatic heterocycles. The molecular formula is C22H25N3O2. The molecule has 1 amide bonds. The van der Waals surface area contributed by atoms with Crippen LogP contribution in [0, 0.1) is 6.92 Å². The molecular weight excluding hydrogens is 338 g/mol. The summed E-state index contributed by atoms with van der Waals surface area (Å²) in [4.78, 5) is 19.6. The van der Waals surface area contributed by atoms with Gasteiger partial charge in [0, 0.05) is 11.3 Å². The Hall–Kier alpha value is -2.92. The quantitative estimate of drug-likeness (QED) is 0.663. The van der Waals surface area contributed by atoms with Crippen LogP contribution in [0.4, 0.5) is 5.69 Å². The van der Waals surface area contributed by atoms with Gasteiger partial charge in [0.1, 0.15) is 12.3 Å². The lowest BCUT2D eigenvalue weighted by molar-refractivity contribution is -0.121. The second kappa shape index (κ2) is 8.64. The van der Waals surface area contributed by atoms with Gasteiger partial charge in [-0.25, -0.2) is 4.98 Å². The first-order valence-corrected chi connectivity index (χ1v) is 9.24. The van der Waals surface area contributed by atoms with E-state index in [2.05, 4.69) is 29.0 Å². The Balaban J connectivity index is 1.90. The summed E-state index contributed by atoms with van der Waals surface area (Å²) in [6.45, 7) is 7.70. The summed E-state index contributed by atoms with van der Waals surface area (Å²) < 4.78 is 5.38. The molecule has 0 saturated carbocycles. The largest absolute Gasteiger partial charge is 0.445 e. The minimum atomic E-state index is -0.342. The highest BCUT2D eigenvalue weighted by molar-refractivity contribution is 5.96. The third-order valence-electron chi connectivity index (χ3n) is 4.72. The number of rotatable bonds is 7. The van der Waals surface area contributed by atoms with Gasteiger partial charge in [-0.2, -0.15) is 0 Å². The Labute approximate surface area is 160 Å². The van der Waals surface area contributed by atoms with Crippen molar-refractivity contribution in [2.75, 3.05) is 18.4 Å². The number of hydrogen-bond acceptors (Lipinski definition) is 4. The topological polar surface area (TPSA) is 58.4 Å². The second-order valence-electron chi connectivity index (χ2n) is 6.39. The molecule has 0 fully saturated rings. The van der Waals surface area contributed by atoms with E-state index in [-0.39, 0.29) is 11.9 Å². The zero-order valence-electron chi connectivity index (χ0n) is 16.0. The molecule has 0 spiro atoms. The van der Waals surface area contributed by atoms with E-state index in [1.165, 1.54) is 0 Å². The van der Waals surface area contributed by atoms with Crippen LogP contribution >= 0.6 is 0 Å². The van der Waals surface area contributed by atoms with E-state index in [1.807, 2.05) is 55.5 Å². The number of amides is 1. The fourth-order valence-corrected chi connectivity index (χ4v) is 3.21. The van der Waals surface area contributed by atoms with Crippen LogP contribution in [0.3, 0.4) is 0 Å². The lowest BCUT2D eigenvalue weighted by Crippen LogP contribution is -2.37. The van der Waals surface area contributed by atoms with Gasteiger partial charge in [-0.3, -0.25) is 9.69 Å². The van der Waals surface area contributed by atoms with Crippen molar-refractivity contribution in [1.82, 2.24) is 9.88 Å². The molecule has 5 heteroatoms.